The second-order valence-electron chi connectivity index (χ2n) is 6.58. The van der Waals surface area contributed by atoms with Crippen LogP contribution in [0.1, 0.15) is 16.7 Å². The third-order valence-corrected chi connectivity index (χ3v) is 5.37. The molecule has 1 heterocycles. The van der Waals surface area contributed by atoms with E-state index in [0.29, 0.717) is 18.0 Å². The van der Waals surface area contributed by atoms with Crippen LogP contribution in [0.5, 0.6) is 5.75 Å². The molecule has 0 fully saturated rings. The second kappa shape index (κ2) is 6.99. The fourth-order valence-corrected chi connectivity index (χ4v) is 3.84. The predicted octanol–water partition coefficient (Wildman–Crippen LogP) is 2.15. The van der Waals surface area contributed by atoms with Gasteiger partial charge in [0.15, 0.2) is 6.10 Å². The first kappa shape index (κ1) is 18.3. The smallest absolute Gasteiger partial charge is 0.263 e. The molecule has 0 radical (unpaired) electrons. The van der Waals surface area contributed by atoms with Gasteiger partial charge >= 0.3 is 0 Å². The molecule has 1 aliphatic rings. The van der Waals surface area contributed by atoms with E-state index in [1.807, 2.05) is 44.2 Å². The molecule has 0 saturated carbocycles. The largest absolute Gasteiger partial charge is 0.476 e. The van der Waals surface area contributed by atoms with Crippen molar-refractivity contribution in [2.24, 2.45) is 0 Å². The van der Waals surface area contributed by atoms with E-state index < -0.39 is 16.1 Å². The van der Waals surface area contributed by atoms with Crippen LogP contribution in [0.15, 0.2) is 42.5 Å². The van der Waals surface area contributed by atoms with Crippen molar-refractivity contribution in [1.29, 1.82) is 0 Å². The van der Waals surface area contributed by atoms with Crippen LogP contribution in [-0.2, 0) is 21.4 Å². The molecule has 0 unspecified atom stereocenters. The SMILES string of the molecule is Cc1cccc(CNC(=O)[C@@H]2CN(S(C)(=O)=O)c3cc(C)ccc3O2)c1. The highest BCUT2D eigenvalue weighted by Gasteiger charge is 2.34. The summed E-state index contributed by atoms with van der Waals surface area (Å²) >= 11 is 0. The van der Waals surface area contributed by atoms with E-state index in [0.717, 1.165) is 22.9 Å². The molecule has 1 aliphatic heterocycles. The Bertz CT molecular complexity index is 940. The minimum absolute atomic E-state index is 0.0467. The van der Waals surface area contributed by atoms with Crippen LogP contribution in [-0.4, -0.2) is 33.2 Å². The molecule has 6 nitrogen and oxygen atoms in total. The standard InChI is InChI=1S/C19H22N2O4S/c1-13-5-4-6-15(9-13)11-20-19(22)18-12-21(26(3,23)24)16-10-14(2)7-8-17(16)25-18/h4-10,18H,11-12H2,1-3H3,(H,20,22)/t18-/m0/s1. The van der Waals surface area contributed by atoms with Gasteiger partial charge in [0.05, 0.1) is 18.5 Å². The summed E-state index contributed by atoms with van der Waals surface area (Å²) in [7, 11) is -3.52. The Hall–Kier alpha value is -2.54. The minimum Gasteiger partial charge on any atom is -0.476 e. The number of benzene rings is 2. The highest BCUT2D eigenvalue weighted by Crippen LogP contribution is 2.35. The molecule has 1 atom stereocenters. The van der Waals surface area contributed by atoms with E-state index >= 15 is 0 Å². The van der Waals surface area contributed by atoms with Crippen LogP contribution in [0.2, 0.25) is 0 Å². The van der Waals surface area contributed by atoms with Crippen molar-refractivity contribution >= 4 is 21.6 Å². The van der Waals surface area contributed by atoms with Gasteiger partial charge in [-0.25, -0.2) is 8.42 Å². The number of sulfonamides is 1. The molecule has 3 rings (SSSR count). The van der Waals surface area contributed by atoms with Gasteiger partial charge in [-0.15, -0.1) is 0 Å². The van der Waals surface area contributed by atoms with Crippen LogP contribution in [0.3, 0.4) is 0 Å². The normalized spacial score (nSPS) is 16.6. The Morgan fingerprint density at radius 1 is 1.19 bits per heavy atom. The summed E-state index contributed by atoms with van der Waals surface area (Å²) in [4.78, 5) is 12.5. The number of nitrogens with one attached hydrogen (secondary N) is 1. The van der Waals surface area contributed by atoms with Crippen LogP contribution in [0.4, 0.5) is 5.69 Å². The molecule has 0 aliphatic carbocycles. The molecule has 26 heavy (non-hydrogen) atoms. The summed E-state index contributed by atoms with van der Waals surface area (Å²) in [5, 5.41) is 2.82. The lowest BCUT2D eigenvalue weighted by Crippen LogP contribution is -2.50. The zero-order valence-electron chi connectivity index (χ0n) is 15.0. The van der Waals surface area contributed by atoms with Gasteiger partial charge in [-0.1, -0.05) is 35.9 Å². The van der Waals surface area contributed by atoms with Gasteiger partial charge in [0, 0.05) is 6.54 Å². The van der Waals surface area contributed by atoms with Gasteiger partial charge < -0.3 is 10.1 Å². The number of rotatable bonds is 4. The Morgan fingerprint density at radius 3 is 2.62 bits per heavy atom. The number of nitrogens with zero attached hydrogens (tertiary/aromatic N) is 1. The molecule has 2 aromatic rings. The monoisotopic (exact) mass is 374 g/mol. The molecule has 138 valence electrons. The number of amides is 1. The first-order chi connectivity index (χ1) is 12.2. The number of hydrogen-bond acceptors (Lipinski definition) is 4. The molecular formula is C19H22N2O4S. The average molecular weight is 374 g/mol. The highest BCUT2D eigenvalue weighted by molar-refractivity contribution is 7.92. The summed E-state index contributed by atoms with van der Waals surface area (Å²) in [6, 6.07) is 13.1. The van der Waals surface area contributed by atoms with Crippen LogP contribution in [0.25, 0.3) is 0 Å². The lowest BCUT2D eigenvalue weighted by atomic mass is 10.1. The zero-order valence-corrected chi connectivity index (χ0v) is 15.8. The fourth-order valence-electron chi connectivity index (χ4n) is 2.94. The summed E-state index contributed by atoms with van der Waals surface area (Å²) < 4.78 is 31.4. The Balaban J connectivity index is 1.78. The van der Waals surface area contributed by atoms with Crippen molar-refractivity contribution < 1.29 is 17.9 Å². The van der Waals surface area contributed by atoms with E-state index in [9.17, 15) is 13.2 Å². The van der Waals surface area contributed by atoms with Crippen molar-refractivity contribution in [3.05, 3.63) is 59.2 Å². The van der Waals surface area contributed by atoms with Crippen LogP contribution in [0, 0.1) is 13.8 Å². The number of carbonyl (C=O) groups is 1. The number of aryl methyl sites for hydroxylation is 2. The molecule has 0 aromatic heterocycles. The maximum Gasteiger partial charge on any atom is 0.263 e. The van der Waals surface area contributed by atoms with Crippen molar-refractivity contribution in [2.45, 2.75) is 26.5 Å². The molecule has 0 bridgehead atoms. The summed E-state index contributed by atoms with van der Waals surface area (Å²) in [5.74, 6) is 0.0503. The van der Waals surface area contributed by atoms with Crippen molar-refractivity contribution in [2.75, 3.05) is 17.1 Å². The minimum atomic E-state index is -3.52. The van der Waals surface area contributed by atoms with Gasteiger partial charge in [-0.3, -0.25) is 9.10 Å². The maximum absolute atomic E-state index is 12.5. The molecule has 0 saturated heterocycles. The summed E-state index contributed by atoms with van der Waals surface area (Å²) in [6.45, 7) is 4.18. The Labute approximate surface area is 153 Å². The lowest BCUT2D eigenvalue weighted by Gasteiger charge is -2.34. The lowest BCUT2D eigenvalue weighted by molar-refractivity contribution is -0.127. The second-order valence-corrected chi connectivity index (χ2v) is 8.49. The predicted molar refractivity (Wildman–Crippen MR) is 101 cm³/mol. The molecule has 0 spiro atoms. The van der Waals surface area contributed by atoms with Gasteiger partial charge in [0.1, 0.15) is 5.75 Å². The Morgan fingerprint density at radius 2 is 1.92 bits per heavy atom. The van der Waals surface area contributed by atoms with Crippen molar-refractivity contribution in [3.63, 3.8) is 0 Å². The number of carbonyl (C=O) groups excluding carboxylic acids is 1. The molecule has 1 N–H and O–H groups in total. The summed E-state index contributed by atoms with van der Waals surface area (Å²) in [5.41, 5.74) is 3.47. The topological polar surface area (TPSA) is 75.7 Å². The van der Waals surface area contributed by atoms with E-state index in [1.54, 1.807) is 12.1 Å². The number of anilines is 1. The highest BCUT2D eigenvalue weighted by atomic mass is 32.2. The average Bonchev–Trinajstić information content (AvgIpc) is 2.58. The molecule has 2 aromatic carbocycles. The van der Waals surface area contributed by atoms with E-state index in [1.165, 1.54) is 4.31 Å². The maximum atomic E-state index is 12.5. The van der Waals surface area contributed by atoms with E-state index in [2.05, 4.69) is 5.32 Å². The van der Waals surface area contributed by atoms with Gasteiger partial charge in [-0.05, 0) is 37.1 Å². The van der Waals surface area contributed by atoms with Crippen LogP contribution >= 0.6 is 0 Å². The number of hydrogen-bond donors (Lipinski definition) is 1. The van der Waals surface area contributed by atoms with Gasteiger partial charge in [-0.2, -0.15) is 0 Å². The summed E-state index contributed by atoms with van der Waals surface area (Å²) in [6.07, 6.45) is 0.233. The van der Waals surface area contributed by atoms with E-state index in [-0.39, 0.29) is 12.5 Å². The first-order valence-corrected chi connectivity index (χ1v) is 10.2. The van der Waals surface area contributed by atoms with Gasteiger partial charge in [0.25, 0.3) is 5.91 Å². The van der Waals surface area contributed by atoms with Gasteiger partial charge in [0.2, 0.25) is 10.0 Å². The third kappa shape index (κ3) is 3.99. The third-order valence-electron chi connectivity index (χ3n) is 4.23. The van der Waals surface area contributed by atoms with Crippen molar-refractivity contribution in [1.82, 2.24) is 5.32 Å². The molecule has 1 amide bonds. The molecule has 7 heteroatoms. The fraction of sp³-hybridized carbons (Fsp3) is 0.316. The Kier molecular flexibility index (Phi) is 4.91. The van der Waals surface area contributed by atoms with E-state index in [4.69, 9.17) is 4.74 Å². The van der Waals surface area contributed by atoms with Crippen LogP contribution < -0.4 is 14.4 Å². The number of fused-ring (bicyclic) bond motifs is 1. The molecular weight excluding hydrogens is 352 g/mol. The van der Waals surface area contributed by atoms with Crippen molar-refractivity contribution in [3.8, 4) is 5.75 Å². The quantitative estimate of drug-likeness (QED) is 0.890. The number of ether oxygens (including phenoxy) is 1. The zero-order chi connectivity index (χ0) is 18.9. The first-order valence-electron chi connectivity index (χ1n) is 8.32.